The summed E-state index contributed by atoms with van der Waals surface area (Å²) in [6.07, 6.45) is -2.46. The van der Waals surface area contributed by atoms with Crippen LogP contribution < -0.4 is 15.8 Å². The van der Waals surface area contributed by atoms with Crippen LogP contribution >= 0.6 is 0 Å². The average Bonchev–Trinajstić information content (AvgIpc) is 2.68. The van der Waals surface area contributed by atoms with Gasteiger partial charge in [0.25, 0.3) is 5.91 Å². The number of amides is 1. The number of ether oxygens (including phenoxy) is 1. The third-order valence-corrected chi connectivity index (χ3v) is 4.04. The van der Waals surface area contributed by atoms with E-state index >= 15 is 0 Å². The second-order valence-corrected chi connectivity index (χ2v) is 6.25. The van der Waals surface area contributed by atoms with Crippen LogP contribution in [-0.4, -0.2) is 17.4 Å². The molecule has 5 nitrogen and oxygen atoms in total. The van der Waals surface area contributed by atoms with Gasteiger partial charge in [-0.05, 0) is 48.4 Å². The Bertz CT molecular complexity index is 1010. The van der Waals surface area contributed by atoms with Gasteiger partial charge in [-0.25, -0.2) is 4.98 Å². The quantitative estimate of drug-likeness (QED) is 0.640. The fourth-order valence-electron chi connectivity index (χ4n) is 2.65. The predicted octanol–water partition coefficient (Wildman–Crippen LogP) is 4.45. The molecule has 3 rings (SSSR count). The molecular formula is C21H18F3N3O2. The summed E-state index contributed by atoms with van der Waals surface area (Å²) < 4.78 is 44.0. The van der Waals surface area contributed by atoms with E-state index in [-0.39, 0.29) is 12.1 Å². The smallest absolute Gasteiger partial charge is 0.416 e. The number of nitrogens with zero attached hydrogens (tertiary/aromatic N) is 1. The minimum absolute atomic E-state index is 0.0350. The molecule has 0 saturated carbocycles. The number of anilines is 1. The summed E-state index contributed by atoms with van der Waals surface area (Å²) in [7, 11) is 0. The molecular weight excluding hydrogens is 383 g/mol. The summed E-state index contributed by atoms with van der Waals surface area (Å²) in [6.45, 7) is 0.265. The molecule has 0 atom stereocenters. The van der Waals surface area contributed by atoms with Crippen LogP contribution in [0.25, 0.3) is 0 Å². The summed E-state index contributed by atoms with van der Waals surface area (Å²) in [5.41, 5.74) is 5.63. The number of benzene rings is 2. The molecule has 0 fully saturated rings. The molecule has 0 spiro atoms. The second kappa shape index (κ2) is 8.64. The van der Waals surface area contributed by atoms with Gasteiger partial charge < -0.3 is 15.8 Å². The van der Waals surface area contributed by atoms with E-state index in [1.807, 2.05) is 18.2 Å². The van der Waals surface area contributed by atoms with Crippen molar-refractivity contribution in [3.05, 3.63) is 83.6 Å². The van der Waals surface area contributed by atoms with Crippen molar-refractivity contribution in [1.82, 2.24) is 10.3 Å². The molecule has 0 saturated heterocycles. The number of alkyl halides is 3. The number of rotatable bonds is 6. The first-order chi connectivity index (χ1) is 13.8. The lowest BCUT2D eigenvalue weighted by molar-refractivity contribution is -0.137. The highest BCUT2D eigenvalue weighted by molar-refractivity contribution is 5.94. The molecule has 29 heavy (non-hydrogen) atoms. The Kier molecular flexibility index (Phi) is 6.01. The van der Waals surface area contributed by atoms with Gasteiger partial charge in [-0.2, -0.15) is 13.2 Å². The third-order valence-electron chi connectivity index (χ3n) is 4.04. The zero-order chi connectivity index (χ0) is 20.9. The Labute approximate surface area is 165 Å². The second-order valence-electron chi connectivity index (χ2n) is 6.25. The van der Waals surface area contributed by atoms with Crippen molar-refractivity contribution in [2.24, 2.45) is 0 Å². The summed E-state index contributed by atoms with van der Waals surface area (Å²) in [6, 6.07) is 14.9. The Morgan fingerprint density at radius 1 is 1.03 bits per heavy atom. The lowest BCUT2D eigenvalue weighted by atomic mass is 10.1. The first kappa shape index (κ1) is 20.2. The molecule has 0 aliphatic rings. The number of hydrogen-bond donors (Lipinski definition) is 2. The van der Waals surface area contributed by atoms with Crippen molar-refractivity contribution in [2.45, 2.75) is 12.6 Å². The topological polar surface area (TPSA) is 77.2 Å². The number of nitrogen functional groups attached to an aromatic ring is 1. The molecule has 150 valence electrons. The van der Waals surface area contributed by atoms with E-state index in [4.69, 9.17) is 10.5 Å². The normalized spacial score (nSPS) is 11.1. The number of carbonyl (C=O) groups excluding carboxylic acids is 1. The molecule has 3 aromatic rings. The van der Waals surface area contributed by atoms with Gasteiger partial charge in [-0.15, -0.1) is 0 Å². The lowest BCUT2D eigenvalue weighted by Gasteiger charge is -2.10. The number of nitrogens with one attached hydrogen (secondary N) is 1. The molecule has 0 unspecified atom stereocenters. The molecule has 3 N–H and O–H groups in total. The van der Waals surface area contributed by atoms with E-state index in [9.17, 15) is 18.0 Å². The molecule has 1 heterocycles. The molecule has 0 radical (unpaired) electrons. The van der Waals surface area contributed by atoms with Crippen LogP contribution in [0.3, 0.4) is 0 Å². The molecule has 0 aliphatic heterocycles. The Morgan fingerprint density at radius 2 is 1.79 bits per heavy atom. The van der Waals surface area contributed by atoms with Gasteiger partial charge in [0.1, 0.15) is 17.3 Å². The Morgan fingerprint density at radius 3 is 2.55 bits per heavy atom. The fraction of sp³-hybridized carbons (Fsp3) is 0.143. The van der Waals surface area contributed by atoms with E-state index in [0.717, 1.165) is 17.7 Å². The van der Waals surface area contributed by atoms with Crippen molar-refractivity contribution in [1.29, 1.82) is 0 Å². The first-order valence-corrected chi connectivity index (χ1v) is 8.75. The molecule has 0 bridgehead atoms. The van der Waals surface area contributed by atoms with Crippen molar-refractivity contribution < 1.29 is 22.7 Å². The molecule has 8 heteroatoms. The van der Waals surface area contributed by atoms with Gasteiger partial charge in [-0.1, -0.05) is 18.2 Å². The van der Waals surface area contributed by atoms with Gasteiger partial charge >= 0.3 is 6.18 Å². The monoisotopic (exact) mass is 401 g/mol. The maximum absolute atomic E-state index is 12.8. The lowest BCUT2D eigenvalue weighted by Crippen LogP contribution is -2.26. The van der Waals surface area contributed by atoms with Crippen molar-refractivity contribution in [3.63, 3.8) is 0 Å². The Balaban J connectivity index is 1.57. The van der Waals surface area contributed by atoms with Crippen molar-refractivity contribution in [2.75, 3.05) is 12.3 Å². The molecule has 1 amide bonds. The van der Waals surface area contributed by atoms with Crippen LogP contribution in [0.15, 0.2) is 66.9 Å². The van der Waals surface area contributed by atoms with Crippen LogP contribution in [0.1, 0.15) is 21.5 Å². The summed E-state index contributed by atoms with van der Waals surface area (Å²) in [5, 5.41) is 2.63. The molecule has 0 aliphatic carbocycles. The minimum atomic E-state index is -4.49. The highest BCUT2D eigenvalue weighted by Crippen LogP contribution is 2.29. The standard InChI is InChI=1S/C21H18F3N3O2/c22-21(23,24)16-5-2-4-15(12-16)20(28)27-9-7-14-3-1-6-17(11-14)29-18-8-10-26-19(25)13-18/h1-6,8,10-13H,7,9H2,(H2,25,26)(H,27,28). The highest BCUT2D eigenvalue weighted by Gasteiger charge is 2.30. The number of pyridine rings is 1. The Hall–Kier alpha value is -3.55. The predicted molar refractivity (Wildman–Crippen MR) is 103 cm³/mol. The molecule has 2 aromatic carbocycles. The van der Waals surface area contributed by atoms with E-state index < -0.39 is 17.6 Å². The summed E-state index contributed by atoms with van der Waals surface area (Å²) >= 11 is 0. The number of halogens is 3. The van der Waals surface area contributed by atoms with Gasteiger partial charge in [0.2, 0.25) is 0 Å². The maximum Gasteiger partial charge on any atom is 0.416 e. The van der Waals surface area contributed by atoms with E-state index in [0.29, 0.717) is 23.7 Å². The maximum atomic E-state index is 12.8. The minimum Gasteiger partial charge on any atom is -0.457 e. The van der Waals surface area contributed by atoms with Gasteiger partial charge in [0.15, 0.2) is 0 Å². The van der Waals surface area contributed by atoms with Crippen LogP contribution in [-0.2, 0) is 12.6 Å². The van der Waals surface area contributed by atoms with Gasteiger partial charge in [0, 0.05) is 24.4 Å². The van der Waals surface area contributed by atoms with Gasteiger partial charge in [0.05, 0.1) is 5.56 Å². The van der Waals surface area contributed by atoms with Crippen molar-refractivity contribution in [3.8, 4) is 11.5 Å². The van der Waals surface area contributed by atoms with E-state index in [1.54, 1.807) is 18.2 Å². The summed E-state index contributed by atoms with van der Waals surface area (Å²) in [5.74, 6) is 0.927. The number of hydrogen-bond acceptors (Lipinski definition) is 4. The number of nitrogens with two attached hydrogens (primary N) is 1. The zero-order valence-electron chi connectivity index (χ0n) is 15.2. The van der Waals surface area contributed by atoms with Crippen LogP contribution in [0, 0.1) is 0 Å². The van der Waals surface area contributed by atoms with E-state index in [1.165, 1.54) is 18.3 Å². The number of aromatic nitrogens is 1. The third kappa shape index (κ3) is 5.71. The summed E-state index contributed by atoms with van der Waals surface area (Å²) in [4.78, 5) is 16.0. The molecule has 1 aromatic heterocycles. The van der Waals surface area contributed by atoms with Crippen LogP contribution in [0.4, 0.5) is 19.0 Å². The highest BCUT2D eigenvalue weighted by atomic mass is 19.4. The fourth-order valence-corrected chi connectivity index (χ4v) is 2.65. The van der Waals surface area contributed by atoms with Gasteiger partial charge in [-0.3, -0.25) is 4.79 Å². The van der Waals surface area contributed by atoms with Crippen molar-refractivity contribution >= 4 is 11.7 Å². The first-order valence-electron chi connectivity index (χ1n) is 8.75. The van der Waals surface area contributed by atoms with E-state index in [2.05, 4.69) is 10.3 Å². The number of carbonyl (C=O) groups is 1. The van der Waals surface area contributed by atoms with Crippen LogP contribution in [0.2, 0.25) is 0 Å². The van der Waals surface area contributed by atoms with Crippen LogP contribution in [0.5, 0.6) is 11.5 Å². The average molecular weight is 401 g/mol. The largest absolute Gasteiger partial charge is 0.457 e. The zero-order valence-corrected chi connectivity index (χ0v) is 15.2. The SMILES string of the molecule is Nc1cc(Oc2cccc(CCNC(=O)c3cccc(C(F)(F)F)c3)c2)ccn1.